The monoisotopic (exact) mass is 234 g/mol. The molecule has 1 amide bonds. The van der Waals surface area contributed by atoms with Gasteiger partial charge in [-0.1, -0.05) is 6.07 Å². The molecule has 2 N–H and O–H groups in total. The van der Waals surface area contributed by atoms with Crippen LogP contribution in [0.5, 0.6) is 0 Å². The fraction of sp³-hybridized carbons (Fsp3) is 0.333. The van der Waals surface area contributed by atoms with Crippen molar-refractivity contribution in [2.75, 3.05) is 25.0 Å². The molecule has 1 heterocycles. The normalized spacial score (nSPS) is 14.1. The highest BCUT2D eigenvalue weighted by atomic mass is 16.5. The van der Waals surface area contributed by atoms with Crippen LogP contribution in [0.2, 0.25) is 0 Å². The van der Waals surface area contributed by atoms with Crippen LogP contribution in [-0.2, 0) is 4.74 Å². The summed E-state index contributed by atoms with van der Waals surface area (Å²) in [7, 11) is 0. The molecule has 0 fully saturated rings. The van der Waals surface area contributed by atoms with Crippen LogP contribution in [0.25, 0.3) is 0 Å². The number of ether oxygens (including phenoxy) is 1. The molecule has 0 saturated carbocycles. The molecular formula is C12H14N2O3. The maximum Gasteiger partial charge on any atom is 0.339 e. The third kappa shape index (κ3) is 2.22. The summed E-state index contributed by atoms with van der Waals surface area (Å²) in [4.78, 5) is 23.6. The number of nitrogens with one attached hydrogen (secondary N) is 2. The predicted molar refractivity (Wildman–Crippen MR) is 63.2 cm³/mol. The molecule has 1 aromatic rings. The van der Waals surface area contributed by atoms with Gasteiger partial charge < -0.3 is 15.4 Å². The molecule has 0 saturated heterocycles. The number of benzene rings is 1. The smallest absolute Gasteiger partial charge is 0.339 e. The number of amides is 1. The van der Waals surface area contributed by atoms with Gasteiger partial charge in [0.2, 0.25) is 0 Å². The van der Waals surface area contributed by atoms with E-state index in [0.717, 1.165) is 0 Å². The molecule has 1 aliphatic heterocycles. The van der Waals surface area contributed by atoms with Gasteiger partial charge in [0.15, 0.2) is 0 Å². The Balaban J connectivity index is 2.46. The lowest BCUT2D eigenvalue weighted by Crippen LogP contribution is -2.26. The summed E-state index contributed by atoms with van der Waals surface area (Å²) in [5, 5.41) is 5.83. The molecule has 1 aliphatic rings. The average Bonchev–Trinajstić information content (AvgIpc) is 2.52. The zero-order chi connectivity index (χ0) is 12.3. The van der Waals surface area contributed by atoms with E-state index in [-0.39, 0.29) is 12.5 Å². The molecule has 0 aromatic heterocycles. The van der Waals surface area contributed by atoms with Gasteiger partial charge in [0.25, 0.3) is 5.91 Å². The Labute approximate surface area is 99.2 Å². The maximum absolute atomic E-state index is 11.9. The Bertz CT molecular complexity index is 457. The largest absolute Gasteiger partial charge is 0.462 e. The average molecular weight is 234 g/mol. The Morgan fingerprint density at radius 3 is 2.88 bits per heavy atom. The van der Waals surface area contributed by atoms with E-state index in [2.05, 4.69) is 10.6 Å². The number of carbonyl (C=O) groups excluding carboxylic acids is 2. The van der Waals surface area contributed by atoms with Crippen molar-refractivity contribution in [2.45, 2.75) is 6.92 Å². The van der Waals surface area contributed by atoms with Crippen LogP contribution in [0, 0.1) is 0 Å². The lowest BCUT2D eigenvalue weighted by molar-refractivity contribution is 0.0523. The Morgan fingerprint density at radius 1 is 1.35 bits per heavy atom. The third-order valence-electron chi connectivity index (χ3n) is 2.51. The maximum atomic E-state index is 11.9. The first-order valence-electron chi connectivity index (χ1n) is 5.56. The molecule has 5 nitrogen and oxygen atoms in total. The molecule has 2 rings (SSSR count). The van der Waals surface area contributed by atoms with Crippen LogP contribution in [0.1, 0.15) is 27.6 Å². The minimum atomic E-state index is -0.469. The standard InChI is InChI=1S/C12H14N2O3/c1-2-17-12(16)8-4-3-5-9-10(8)11(15)14-7-6-13-9/h3-5,13H,2,6-7H2,1H3,(H,14,15). The fourth-order valence-electron chi connectivity index (χ4n) is 1.78. The van der Waals surface area contributed by atoms with E-state index in [0.29, 0.717) is 29.9 Å². The molecule has 0 spiro atoms. The van der Waals surface area contributed by atoms with Crippen molar-refractivity contribution in [3.8, 4) is 0 Å². The van der Waals surface area contributed by atoms with Gasteiger partial charge in [-0.15, -0.1) is 0 Å². The summed E-state index contributed by atoms with van der Waals surface area (Å²) in [5.41, 5.74) is 1.34. The van der Waals surface area contributed by atoms with Gasteiger partial charge in [0.05, 0.1) is 17.7 Å². The van der Waals surface area contributed by atoms with E-state index in [9.17, 15) is 9.59 Å². The van der Waals surface area contributed by atoms with Crippen molar-refractivity contribution in [3.05, 3.63) is 29.3 Å². The highest BCUT2D eigenvalue weighted by Gasteiger charge is 2.22. The molecule has 0 atom stereocenters. The van der Waals surface area contributed by atoms with Crippen LogP contribution in [0.4, 0.5) is 5.69 Å². The number of fused-ring (bicyclic) bond motifs is 1. The first kappa shape index (κ1) is 11.4. The van der Waals surface area contributed by atoms with Crippen LogP contribution >= 0.6 is 0 Å². The molecule has 17 heavy (non-hydrogen) atoms. The van der Waals surface area contributed by atoms with Crippen LogP contribution in [-0.4, -0.2) is 31.6 Å². The van der Waals surface area contributed by atoms with Crippen LogP contribution in [0.3, 0.4) is 0 Å². The zero-order valence-electron chi connectivity index (χ0n) is 9.58. The molecule has 5 heteroatoms. The summed E-state index contributed by atoms with van der Waals surface area (Å²) in [6.45, 7) is 3.20. The molecule has 0 radical (unpaired) electrons. The van der Waals surface area contributed by atoms with Crippen molar-refractivity contribution in [1.29, 1.82) is 0 Å². The van der Waals surface area contributed by atoms with Gasteiger partial charge in [0.1, 0.15) is 0 Å². The highest BCUT2D eigenvalue weighted by Crippen LogP contribution is 2.22. The second-order valence-corrected chi connectivity index (χ2v) is 3.63. The van der Waals surface area contributed by atoms with E-state index in [1.165, 1.54) is 0 Å². The Morgan fingerprint density at radius 2 is 2.12 bits per heavy atom. The number of hydrogen-bond donors (Lipinski definition) is 2. The van der Waals surface area contributed by atoms with E-state index >= 15 is 0 Å². The second-order valence-electron chi connectivity index (χ2n) is 3.63. The highest BCUT2D eigenvalue weighted by molar-refractivity contribution is 6.09. The molecule has 0 bridgehead atoms. The van der Waals surface area contributed by atoms with Crippen molar-refractivity contribution < 1.29 is 14.3 Å². The SMILES string of the molecule is CCOC(=O)c1cccc2c1C(=O)NCCN2. The Hall–Kier alpha value is -2.04. The van der Waals surface area contributed by atoms with Gasteiger partial charge >= 0.3 is 5.97 Å². The first-order chi connectivity index (χ1) is 8.24. The molecule has 0 unspecified atom stereocenters. The van der Waals surface area contributed by atoms with Crippen molar-refractivity contribution in [1.82, 2.24) is 5.32 Å². The molecule has 0 aliphatic carbocycles. The lowest BCUT2D eigenvalue weighted by atomic mass is 10.0. The second kappa shape index (κ2) is 4.86. The van der Waals surface area contributed by atoms with Gasteiger partial charge in [0, 0.05) is 18.8 Å². The number of carbonyl (C=O) groups is 2. The Kier molecular flexibility index (Phi) is 3.27. The van der Waals surface area contributed by atoms with Crippen molar-refractivity contribution in [2.24, 2.45) is 0 Å². The summed E-state index contributed by atoms with van der Waals surface area (Å²) in [6.07, 6.45) is 0. The summed E-state index contributed by atoms with van der Waals surface area (Å²) in [6, 6.07) is 5.11. The number of hydrogen-bond acceptors (Lipinski definition) is 4. The van der Waals surface area contributed by atoms with Crippen molar-refractivity contribution in [3.63, 3.8) is 0 Å². The quantitative estimate of drug-likeness (QED) is 0.750. The van der Waals surface area contributed by atoms with Gasteiger partial charge in [-0.2, -0.15) is 0 Å². The summed E-state index contributed by atoms with van der Waals surface area (Å²) < 4.78 is 4.94. The van der Waals surface area contributed by atoms with Gasteiger partial charge in [-0.3, -0.25) is 4.79 Å². The number of rotatable bonds is 2. The summed E-state index contributed by atoms with van der Waals surface area (Å²) in [5.74, 6) is -0.711. The summed E-state index contributed by atoms with van der Waals surface area (Å²) >= 11 is 0. The van der Waals surface area contributed by atoms with Crippen LogP contribution in [0.15, 0.2) is 18.2 Å². The minimum Gasteiger partial charge on any atom is -0.462 e. The number of esters is 1. The van der Waals surface area contributed by atoms with Gasteiger partial charge in [-0.25, -0.2) is 4.79 Å². The topological polar surface area (TPSA) is 67.4 Å². The predicted octanol–water partition coefficient (Wildman–Crippen LogP) is 1.02. The van der Waals surface area contributed by atoms with E-state index in [1.54, 1.807) is 25.1 Å². The third-order valence-corrected chi connectivity index (χ3v) is 2.51. The van der Waals surface area contributed by atoms with E-state index < -0.39 is 5.97 Å². The zero-order valence-corrected chi connectivity index (χ0v) is 9.58. The van der Waals surface area contributed by atoms with Crippen LogP contribution < -0.4 is 10.6 Å². The van der Waals surface area contributed by atoms with E-state index in [4.69, 9.17) is 4.74 Å². The molecule has 90 valence electrons. The number of anilines is 1. The van der Waals surface area contributed by atoms with E-state index in [1.807, 2.05) is 0 Å². The lowest BCUT2D eigenvalue weighted by Gasteiger charge is -2.10. The minimum absolute atomic E-state index is 0.242. The fourth-order valence-corrected chi connectivity index (χ4v) is 1.78. The van der Waals surface area contributed by atoms with Crippen molar-refractivity contribution >= 4 is 17.6 Å². The molecular weight excluding hydrogens is 220 g/mol. The molecule has 1 aromatic carbocycles. The van der Waals surface area contributed by atoms with Gasteiger partial charge in [-0.05, 0) is 19.1 Å². The first-order valence-corrected chi connectivity index (χ1v) is 5.56.